The summed E-state index contributed by atoms with van der Waals surface area (Å²) in [6, 6.07) is 5.68. The van der Waals surface area contributed by atoms with E-state index in [1.807, 2.05) is 0 Å². The Balaban J connectivity index is 2.08. The van der Waals surface area contributed by atoms with E-state index < -0.39 is 12.2 Å². The molecule has 4 nitrogen and oxygen atoms in total. The third-order valence-electron chi connectivity index (χ3n) is 3.41. The van der Waals surface area contributed by atoms with Crippen molar-refractivity contribution in [2.45, 2.75) is 25.0 Å². The monoisotopic (exact) mass is 319 g/mol. The van der Waals surface area contributed by atoms with Gasteiger partial charge in [0, 0.05) is 24.7 Å². The number of hydrogen-bond donors (Lipinski definition) is 1. The summed E-state index contributed by atoms with van der Waals surface area (Å²) in [6.07, 6.45) is 1.24. The number of carbonyl (C=O) groups excluding carboxylic acids is 1. The topological polar surface area (TPSA) is 47.6 Å². The summed E-state index contributed by atoms with van der Waals surface area (Å²) in [4.78, 5) is 12.3. The van der Waals surface area contributed by atoms with Gasteiger partial charge in [0.05, 0.1) is 5.54 Å². The predicted molar refractivity (Wildman–Crippen MR) is 74.0 cm³/mol. The van der Waals surface area contributed by atoms with Crippen molar-refractivity contribution in [3.63, 3.8) is 0 Å². The fraction of sp³-hybridized carbons (Fsp3) is 0.500. The van der Waals surface area contributed by atoms with Crippen molar-refractivity contribution in [3.05, 3.63) is 29.8 Å². The summed E-state index contributed by atoms with van der Waals surface area (Å²) in [7, 11) is 0. The second-order valence-corrected chi connectivity index (χ2v) is 5.15. The summed E-state index contributed by atoms with van der Waals surface area (Å²) in [5.74, 6) is -0.142. The molecule has 21 heavy (non-hydrogen) atoms. The number of ether oxygens (including phenoxy) is 2. The molecule has 0 radical (unpaired) electrons. The molecular formula is C14H16ClF2NO3. The SMILES string of the molecule is O=C(NC1(CCl)CCOCC1)c1cccc(OC(F)F)c1. The van der Waals surface area contributed by atoms with E-state index in [1.54, 1.807) is 0 Å². The molecule has 1 aromatic carbocycles. The summed E-state index contributed by atoms with van der Waals surface area (Å²) in [5.41, 5.74) is -0.264. The highest BCUT2D eigenvalue weighted by Gasteiger charge is 2.33. The summed E-state index contributed by atoms with van der Waals surface area (Å²) >= 11 is 5.97. The van der Waals surface area contributed by atoms with Crippen LogP contribution in [0.2, 0.25) is 0 Å². The van der Waals surface area contributed by atoms with E-state index in [-0.39, 0.29) is 23.1 Å². The molecule has 0 atom stereocenters. The van der Waals surface area contributed by atoms with Crippen LogP contribution in [-0.2, 0) is 4.74 Å². The first kappa shape index (κ1) is 16.0. The van der Waals surface area contributed by atoms with Crippen LogP contribution < -0.4 is 10.1 Å². The molecular weight excluding hydrogens is 304 g/mol. The second-order valence-electron chi connectivity index (χ2n) is 4.89. The fourth-order valence-corrected chi connectivity index (χ4v) is 2.51. The average Bonchev–Trinajstić information content (AvgIpc) is 2.48. The van der Waals surface area contributed by atoms with E-state index in [0.717, 1.165) is 0 Å². The third kappa shape index (κ3) is 4.28. The van der Waals surface area contributed by atoms with Gasteiger partial charge in [-0.1, -0.05) is 6.07 Å². The molecule has 0 bridgehead atoms. The Morgan fingerprint density at radius 2 is 2.14 bits per heavy atom. The number of alkyl halides is 3. The molecule has 0 saturated carbocycles. The lowest BCUT2D eigenvalue weighted by molar-refractivity contribution is -0.0499. The average molecular weight is 320 g/mol. The van der Waals surface area contributed by atoms with Gasteiger partial charge in [-0.3, -0.25) is 4.79 Å². The number of rotatable bonds is 5. The molecule has 7 heteroatoms. The van der Waals surface area contributed by atoms with Crippen molar-refractivity contribution in [1.82, 2.24) is 5.32 Å². The molecule has 1 N–H and O–H groups in total. The zero-order valence-corrected chi connectivity index (χ0v) is 12.0. The largest absolute Gasteiger partial charge is 0.435 e. The van der Waals surface area contributed by atoms with E-state index in [9.17, 15) is 13.6 Å². The molecule has 1 amide bonds. The van der Waals surface area contributed by atoms with E-state index >= 15 is 0 Å². The van der Waals surface area contributed by atoms with Gasteiger partial charge in [0.1, 0.15) is 5.75 Å². The van der Waals surface area contributed by atoms with Crippen LogP contribution in [0.5, 0.6) is 5.75 Å². The van der Waals surface area contributed by atoms with Gasteiger partial charge < -0.3 is 14.8 Å². The van der Waals surface area contributed by atoms with Gasteiger partial charge in [0.25, 0.3) is 5.91 Å². The van der Waals surface area contributed by atoms with E-state index in [1.165, 1.54) is 24.3 Å². The van der Waals surface area contributed by atoms with Gasteiger partial charge in [0.15, 0.2) is 0 Å². The number of hydrogen-bond acceptors (Lipinski definition) is 3. The minimum Gasteiger partial charge on any atom is -0.435 e. The Kier molecular flexibility index (Phi) is 5.36. The van der Waals surface area contributed by atoms with Gasteiger partial charge >= 0.3 is 6.61 Å². The fourth-order valence-electron chi connectivity index (χ4n) is 2.18. The zero-order valence-electron chi connectivity index (χ0n) is 11.3. The minimum atomic E-state index is -2.92. The summed E-state index contributed by atoms with van der Waals surface area (Å²) < 4.78 is 33.9. The number of benzene rings is 1. The van der Waals surface area contributed by atoms with Gasteiger partial charge in [-0.05, 0) is 31.0 Å². The minimum absolute atomic E-state index is 0.0513. The first-order valence-electron chi connectivity index (χ1n) is 6.56. The van der Waals surface area contributed by atoms with Crippen molar-refractivity contribution in [2.75, 3.05) is 19.1 Å². The third-order valence-corrected chi connectivity index (χ3v) is 3.92. The normalized spacial score (nSPS) is 17.5. The molecule has 0 aromatic heterocycles. The molecule has 2 rings (SSSR count). The van der Waals surface area contributed by atoms with E-state index in [4.69, 9.17) is 16.3 Å². The quantitative estimate of drug-likeness (QED) is 0.849. The Hall–Kier alpha value is -1.40. The standard InChI is InChI=1S/C14H16ClF2NO3/c15-9-14(4-6-20-7-5-14)18-12(19)10-2-1-3-11(8-10)21-13(16)17/h1-3,8,13H,4-7,9H2,(H,18,19). The van der Waals surface area contributed by atoms with Crippen LogP contribution in [0.4, 0.5) is 8.78 Å². The summed E-state index contributed by atoms with van der Waals surface area (Å²) in [6.45, 7) is -1.86. The van der Waals surface area contributed by atoms with Gasteiger partial charge in [-0.15, -0.1) is 11.6 Å². The molecule has 0 aliphatic carbocycles. The predicted octanol–water partition coefficient (Wildman–Crippen LogP) is 2.81. The highest BCUT2D eigenvalue weighted by atomic mass is 35.5. The van der Waals surface area contributed by atoms with Crippen molar-refractivity contribution in [2.24, 2.45) is 0 Å². The van der Waals surface area contributed by atoms with Crippen LogP contribution in [-0.4, -0.2) is 37.2 Å². The van der Waals surface area contributed by atoms with Crippen LogP contribution in [0.25, 0.3) is 0 Å². The number of carbonyl (C=O) groups is 1. The molecule has 1 aliphatic heterocycles. The smallest absolute Gasteiger partial charge is 0.387 e. The highest BCUT2D eigenvalue weighted by Crippen LogP contribution is 2.23. The lowest BCUT2D eigenvalue weighted by atomic mass is 9.92. The maximum Gasteiger partial charge on any atom is 0.387 e. The van der Waals surface area contributed by atoms with Crippen LogP contribution in [0.1, 0.15) is 23.2 Å². The van der Waals surface area contributed by atoms with Crippen LogP contribution >= 0.6 is 11.6 Å². The number of amides is 1. The Bertz CT molecular complexity index is 493. The van der Waals surface area contributed by atoms with E-state index in [0.29, 0.717) is 26.1 Å². The van der Waals surface area contributed by atoms with Crippen LogP contribution in [0.15, 0.2) is 24.3 Å². The van der Waals surface area contributed by atoms with Gasteiger partial charge in [-0.25, -0.2) is 0 Å². The van der Waals surface area contributed by atoms with Gasteiger partial charge in [-0.2, -0.15) is 8.78 Å². The molecule has 0 unspecified atom stereocenters. The van der Waals surface area contributed by atoms with Crippen molar-refractivity contribution < 1.29 is 23.0 Å². The molecule has 1 heterocycles. The van der Waals surface area contributed by atoms with Crippen LogP contribution in [0.3, 0.4) is 0 Å². The molecule has 1 saturated heterocycles. The lowest BCUT2D eigenvalue weighted by Crippen LogP contribution is -2.53. The van der Waals surface area contributed by atoms with Crippen LogP contribution in [0, 0.1) is 0 Å². The molecule has 1 aromatic rings. The Morgan fingerprint density at radius 3 is 2.76 bits per heavy atom. The maximum atomic E-state index is 12.3. The molecule has 1 aliphatic rings. The molecule has 0 spiro atoms. The molecule has 116 valence electrons. The first-order valence-corrected chi connectivity index (χ1v) is 7.09. The van der Waals surface area contributed by atoms with Crippen molar-refractivity contribution in [3.8, 4) is 5.75 Å². The molecule has 1 fully saturated rings. The lowest BCUT2D eigenvalue weighted by Gasteiger charge is -2.36. The van der Waals surface area contributed by atoms with Gasteiger partial charge in [0.2, 0.25) is 0 Å². The first-order chi connectivity index (χ1) is 10.0. The van der Waals surface area contributed by atoms with Crippen molar-refractivity contribution >= 4 is 17.5 Å². The van der Waals surface area contributed by atoms with Crippen molar-refractivity contribution in [1.29, 1.82) is 0 Å². The Morgan fingerprint density at radius 1 is 1.43 bits per heavy atom. The second kappa shape index (κ2) is 7.04. The maximum absolute atomic E-state index is 12.3. The zero-order chi connectivity index (χ0) is 15.3. The highest BCUT2D eigenvalue weighted by molar-refractivity contribution is 6.19. The number of halogens is 3. The number of nitrogens with one attached hydrogen (secondary N) is 1. The van der Waals surface area contributed by atoms with E-state index in [2.05, 4.69) is 10.1 Å². The Labute approximate surface area is 126 Å². The summed E-state index contributed by atoms with van der Waals surface area (Å²) in [5, 5.41) is 2.88.